The van der Waals surface area contributed by atoms with Gasteiger partial charge in [-0.25, -0.2) is 0 Å². The molecule has 0 atom stereocenters. The monoisotopic (exact) mass is 584 g/mol. The molecule has 7 aromatic carbocycles. The van der Waals surface area contributed by atoms with Crippen molar-refractivity contribution in [1.29, 1.82) is 0 Å². The number of nitrogens with zero attached hydrogens (tertiary/aromatic N) is 4. The lowest BCUT2D eigenvalue weighted by molar-refractivity contribution is 1.14. The van der Waals surface area contributed by atoms with Crippen LogP contribution in [0.1, 0.15) is 0 Å². The first kappa shape index (κ1) is 23.2. The maximum absolute atomic E-state index is 2.57. The Morgan fingerprint density at radius 3 is 1.63 bits per heavy atom. The van der Waals surface area contributed by atoms with Gasteiger partial charge in [0.2, 0.25) is 0 Å². The molecule has 0 saturated carbocycles. The van der Waals surface area contributed by atoms with Crippen molar-refractivity contribution in [2.24, 2.45) is 0 Å². The molecule has 12 aromatic rings. The molecule has 5 heterocycles. The summed E-state index contributed by atoms with van der Waals surface area (Å²) in [6.45, 7) is 0. The number of rotatable bonds is 1. The quantitative estimate of drug-likeness (QED) is 0.171. The van der Waals surface area contributed by atoms with Gasteiger partial charge in [0.25, 0.3) is 0 Å². The molecule has 46 heavy (non-hydrogen) atoms. The molecule has 4 nitrogen and oxygen atoms in total. The molecule has 0 saturated heterocycles. The number of hydrogen-bond donors (Lipinski definition) is 0. The van der Waals surface area contributed by atoms with E-state index in [0.29, 0.717) is 0 Å². The third-order valence-electron chi connectivity index (χ3n) is 10.4. The normalized spacial score (nSPS) is 12.8. The molecule has 12 rings (SSSR count). The van der Waals surface area contributed by atoms with E-state index in [1.165, 1.54) is 93.0 Å². The van der Waals surface area contributed by atoms with Crippen LogP contribution in [0.3, 0.4) is 0 Å². The summed E-state index contributed by atoms with van der Waals surface area (Å²) in [5.41, 5.74) is 14.7. The zero-order valence-corrected chi connectivity index (χ0v) is 24.6. The summed E-state index contributed by atoms with van der Waals surface area (Å²) in [4.78, 5) is 0. The van der Waals surface area contributed by atoms with Crippen molar-refractivity contribution in [1.82, 2.24) is 17.8 Å². The minimum absolute atomic E-state index is 1.16. The van der Waals surface area contributed by atoms with E-state index in [1.54, 1.807) is 0 Å². The lowest BCUT2D eigenvalue weighted by Gasteiger charge is -2.17. The van der Waals surface area contributed by atoms with Gasteiger partial charge in [0.15, 0.2) is 0 Å². The van der Waals surface area contributed by atoms with Crippen molar-refractivity contribution in [2.45, 2.75) is 0 Å². The fourth-order valence-electron chi connectivity index (χ4n) is 8.76. The lowest BCUT2D eigenvalue weighted by atomic mass is 10.1. The number of benzene rings is 7. The summed E-state index contributed by atoms with van der Waals surface area (Å²) in [5.74, 6) is 0. The van der Waals surface area contributed by atoms with E-state index in [4.69, 9.17) is 0 Å². The highest BCUT2D eigenvalue weighted by Crippen LogP contribution is 2.47. The van der Waals surface area contributed by atoms with Gasteiger partial charge in [-0.1, -0.05) is 91.0 Å². The minimum atomic E-state index is 1.16. The summed E-state index contributed by atoms with van der Waals surface area (Å²) >= 11 is 0. The Morgan fingerprint density at radius 2 is 0.826 bits per heavy atom. The molecule has 0 amide bonds. The average molecular weight is 585 g/mol. The summed E-state index contributed by atoms with van der Waals surface area (Å²) in [6, 6.07) is 53.5. The van der Waals surface area contributed by atoms with Crippen molar-refractivity contribution in [3.63, 3.8) is 0 Å². The van der Waals surface area contributed by atoms with Crippen LogP contribution in [0.15, 0.2) is 146 Å². The molecule has 0 aliphatic rings. The topological polar surface area (TPSA) is 18.2 Å². The largest absolute Gasteiger partial charge is 0.306 e. The molecule has 5 aromatic heterocycles. The second kappa shape index (κ2) is 7.87. The fraction of sp³-hybridized carbons (Fsp3) is 0. The summed E-state index contributed by atoms with van der Waals surface area (Å²) in [6.07, 6.45) is 0. The lowest BCUT2D eigenvalue weighted by Crippen LogP contribution is -2.03. The molecule has 0 aliphatic carbocycles. The van der Waals surface area contributed by atoms with Crippen LogP contribution in [0.25, 0.3) is 98.7 Å². The van der Waals surface area contributed by atoms with E-state index >= 15 is 0 Å². The predicted octanol–water partition coefficient (Wildman–Crippen LogP) is 10.7. The van der Waals surface area contributed by atoms with Gasteiger partial charge in [0.1, 0.15) is 0 Å². The molecule has 0 radical (unpaired) electrons. The SMILES string of the molecule is c1ccc(-n2c3ccccc3n3c4cc5c6ccccc6n6c7cccc8c9ccccc9n(c87)c(c4c4cccc2c43)c56)cc1. The smallest absolute Gasteiger partial charge is 0.0811 e. The number of fused-ring (bicyclic) bond motifs is 14. The second-order valence-corrected chi connectivity index (χ2v) is 12.6. The van der Waals surface area contributed by atoms with E-state index in [-0.39, 0.29) is 0 Å². The summed E-state index contributed by atoms with van der Waals surface area (Å²) < 4.78 is 10.0. The van der Waals surface area contributed by atoms with Crippen molar-refractivity contribution >= 4 is 93.0 Å². The Balaban J connectivity index is 1.49. The Morgan fingerprint density at radius 1 is 0.283 bits per heavy atom. The van der Waals surface area contributed by atoms with Crippen LogP contribution in [0.5, 0.6) is 0 Å². The van der Waals surface area contributed by atoms with E-state index < -0.39 is 0 Å². The zero-order valence-electron chi connectivity index (χ0n) is 24.6. The molecule has 4 heteroatoms. The van der Waals surface area contributed by atoms with Gasteiger partial charge >= 0.3 is 0 Å². The number of para-hydroxylation sites is 7. The summed E-state index contributed by atoms with van der Waals surface area (Å²) in [5, 5.41) is 7.69. The van der Waals surface area contributed by atoms with Gasteiger partial charge < -0.3 is 17.8 Å². The number of aromatic nitrogens is 4. The first-order valence-electron chi connectivity index (χ1n) is 15.9. The van der Waals surface area contributed by atoms with E-state index in [0.717, 1.165) is 5.69 Å². The molecule has 0 aliphatic heterocycles. The highest BCUT2D eigenvalue weighted by molar-refractivity contribution is 6.32. The highest BCUT2D eigenvalue weighted by atomic mass is 15.1. The van der Waals surface area contributed by atoms with E-state index in [2.05, 4.69) is 163 Å². The Kier molecular flexibility index (Phi) is 3.96. The van der Waals surface area contributed by atoms with Gasteiger partial charge in [-0.05, 0) is 54.6 Å². The van der Waals surface area contributed by atoms with Crippen molar-refractivity contribution in [3.05, 3.63) is 146 Å². The van der Waals surface area contributed by atoms with Gasteiger partial charge in [-0.2, -0.15) is 0 Å². The van der Waals surface area contributed by atoms with Gasteiger partial charge in [-0.3, -0.25) is 0 Å². The molecule has 0 fully saturated rings. The average Bonchev–Trinajstić information content (AvgIpc) is 3.76. The zero-order chi connectivity index (χ0) is 29.7. The molecule has 0 unspecified atom stereocenters. The Hall–Kier alpha value is -6.26. The third-order valence-corrected chi connectivity index (χ3v) is 10.4. The van der Waals surface area contributed by atoms with Crippen LogP contribution < -0.4 is 0 Å². The molecule has 0 bridgehead atoms. The maximum atomic E-state index is 2.57. The van der Waals surface area contributed by atoms with Crippen LogP contribution in [-0.4, -0.2) is 17.8 Å². The van der Waals surface area contributed by atoms with Crippen molar-refractivity contribution in [2.75, 3.05) is 0 Å². The maximum Gasteiger partial charge on any atom is 0.0811 e. The van der Waals surface area contributed by atoms with Crippen LogP contribution in [0, 0.1) is 0 Å². The molecule has 0 spiro atoms. The number of hydrogen-bond acceptors (Lipinski definition) is 0. The summed E-state index contributed by atoms with van der Waals surface area (Å²) in [7, 11) is 0. The van der Waals surface area contributed by atoms with Crippen molar-refractivity contribution < 1.29 is 0 Å². The van der Waals surface area contributed by atoms with Gasteiger partial charge in [-0.15, -0.1) is 0 Å². The third kappa shape index (κ3) is 2.50. The molecular formula is C42H24N4. The predicted molar refractivity (Wildman–Crippen MR) is 192 cm³/mol. The van der Waals surface area contributed by atoms with E-state index in [1.807, 2.05) is 0 Å². The molecular weight excluding hydrogens is 560 g/mol. The minimum Gasteiger partial charge on any atom is -0.306 e. The first-order chi connectivity index (χ1) is 22.9. The fourth-order valence-corrected chi connectivity index (χ4v) is 8.76. The molecule has 0 N–H and O–H groups in total. The highest BCUT2D eigenvalue weighted by Gasteiger charge is 2.26. The van der Waals surface area contributed by atoms with E-state index in [9.17, 15) is 0 Å². The van der Waals surface area contributed by atoms with Crippen molar-refractivity contribution in [3.8, 4) is 5.69 Å². The van der Waals surface area contributed by atoms with Crippen LogP contribution in [0.2, 0.25) is 0 Å². The standard InChI is InChI=1S/C42H24N4/c1-2-12-25(13-3-1)43-33-20-8-9-21-34(33)45-37-24-30-27-15-5-6-18-31(27)44-36-23-10-16-28-26-14-4-7-19-32(26)46(39(28)36)42(41(30)44)38(37)29-17-11-22-35(43)40(29)45/h1-24H. The Bertz CT molecular complexity index is 3240. The van der Waals surface area contributed by atoms with Crippen LogP contribution in [0.4, 0.5) is 0 Å². The Labute approximate surface area is 261 Å². The molecule has 212 valence electrons. The van der Waals surface area contributed by atoms with Crippen LogP contribution >= 0.6 is 0 Å². The van der Waals surface area contributed by atoms with Crippen LogP contribution in [-0.2, 0) is 0 Å². The second-order valence-electron chi connectivity index (χ2n) is 12.6. The van der Waals surface area contributed by atoms with Gasteiger partial charge in [0.05, 0.1) is 60.7 Å². The first-order valence-corrected chi connectivity index (χ1v) is 15.9. The van der Waals surface area contributed by atoms with Gasteiger partial charge in [0, 0.05) is 38.0 Å².